The molecular formula is C16H28N2O2. The molecule has 2 rings (SSSR count). The van der Waals surface area contributed by atoms with E-state index in [1.54, 1.807) is 0 Å². The lowest BCUT2D eigenvalue weighted by molar-refractivity contribution is -0.128. The Morgan fingerprint density at radius 3 is 1.95 bits per heavy atom. The van der Waals surface area contributed by atoms with Crippen LogP contribution in [-0.2, 0) is 9.59 Å². The van der Waals surface area contributed by atoms with E-state index in [1.165, 1.54) is 25.7 Å². The molecule has 0 aromatic rings. The molecule has 2 aliphatic rings. The molecule has 2 aliphatic heterocycles. The molecule has 4 heteroatoms. The zero-order valence-electron chi connectivity index (χ0n) is 12.6. The first-order valence-corrected chi connectivity index (χ1v) is 8.29. The van der Waals surface area contributed by atoms with Crippen LogP contribution in [0.4, 0.5) is 0 Å². The van der Waals surface area contributed by atoms with Gasteiger partial charge in [0.05, 0.1) is 0 Å². The van der Waals surface area contributed by atoms with Gasteiger partial charge in [-0.1, -0.05) is 39.0 Å². The number of nitrogens with one attached hydrogen (secondary N) is 2. The second-order valence-electron chi connectivity index (χ2n) is 6.24. The van der Waals surface area contributed by atoms with Crippen LogP contribution < -0.4 is 10.6 Å². The van der Waals surface area contributed by atoms with Crippen LogP contribution in [0.1, 0.15) is 58.3 Å². The van der Waals surface area contributed by atoms with Gasteiger partial charge in [0.25, 0.3) is 0 Å². The fourth-order valence-electron chi connectivity index (χ4n) is 3.71. The van der Waals surface area contributed by atoms with Crippen molar-refractivity contribution in [1.29, 1.82) is 0 Å². The average Bonchev–Trinajstić information content (AvgIpc) is 3.04. The average molecular weight is 280 g/mol. The van der Waals surface area contributed by atoms with Crippen molar-refractivity contribution in [2.75, 3.05) is 13.1 Å². The fraction of sp³-hybridized carbons (Fsp3) is 0.875. The van der Waals surface area contributed by atoms with Crippen molar-refractivity contribution in [3.63, 3.8) is 0 Å². The fourth-order valence-corrected chi connectivity index (χ4v) is 3.71. The molecule has 114 valence electrons. The lowest BCUT2D eigenvalue weighted by atomic mass is 9.76. The van der Waals surface area contributed by atoms with Gasteiger partial charge in [0.15, 0.2) is 0 Å². The molecule has 2 unspecified atom stereocenters. The third kappa shape index (κ3) is 3.74. The summed E-state index contributed by atoms with van der Waals surface area (Å²) in [5.41, 5.74) is 0. The van der Waals surface area contributed by atoms with E-state index >= 15 is 0 Å². The number of amides is 2. The number of unbranched alkanes of at least 4 members (excludes halogenated alkanes) is 4. The van der Waals surface area contributed by atoms with E-state index in [0.717, 1.165) is 38.8 Å². The van der Waals surface area contributed by atoms with Crippen molar-refractivity contribution >= 4 is 11.8 Å². The smallest absolute Gasteiger partial charge is 0.223 e. The molecular weight excluding hydrogens is 252 g/mol. The maximum absolute atomic E-state index is 12.0. The van der Waals surface area contributed by atoms with Crippen LogP contribution in [-0.4, -0.2) is 24.9 Å². The van der Waals surface area contributed by atoms with Gasteiger partial charge >= 0.3 is 0 Å². The van der Waals surface area contributed by atoms with Crippen molar-refractivity contribution in [3.05, 3.63) is 0 Å². The largest absolute Gasteiger partial charge is 0.356 e. The van der Waals surface area contributed by atoms with Crippen LogP contribution in [0.2, 0.25) is 0 Å². The molecule has 0 aromatic heterocycles. The first kappa shape index (κ1) is 15.3. The molecule has 0 bridgehead atoms. The summed E-state index contributed by atoms with van der Waals surface area (Å²) < 4.78 is 0. The normalized spacial score (nSPS) is 27.4. The van der Waals surface area contributed by atoms with Crippen molar-refractivity contribution in [3.8, 4) is 0 Å². The Morgan fingerprint density at radius 1 is 0.950 bits per heavy atom. The van der Waals surface area contributed by atoms with E-state index < -0.39 is 0 Å². The quantitative estimate of drug-likeness (QED) is 0.670. The first-order chi connectivity index (χ1) is 9.74. The standard InChI is InChI=1S/C16H28N2O2/c1-2-3-4-5-6-7-12(13-8-10-17-15(13)19)14-9-11-18-16(14)20/h12-14H,2-11H2,1H3,(H,17,19)(H,18,20). The molecule has 2 atom stereocenters. The predicted molar refractivity (Wildman–Crippen MR) is 79.1 cm³/mol. The minimum atomic E-state index is 0.0648. The molecule has 4 nitrogen and oxygen atoms in total. The molecule has 0 spiro atoms. The second kappa shape index (κ2) is 7.65. The molecule has 0 radical (unpaired) electrons. The van der Waals surface area contributed by atoms with E-state index in [4.69, 9.17) is 0 Å². The van der Waals surface area contributed by atoms with E-state index in [-0.39, 0.29) is 29.6 Å². The van der Waals surface area contributed by atoms with Crippen molar-refractivity contribution in [2.45, 2.75) is 58.3 Å². The van der Waals surface area contributed by atoms with Gasteiger partial charge in [-0.2, -0.15) is 0 Å². The summed E-state index contributed by atoms with van der Waals surface area (Å²) in [5.74, 6) is 0.721. The minimum absolute atomic E-state index is 0.0648. The molecule has 20 heavy (non-hydrogen) atoms. The van der Waals surface area contributed by atoms with Crippen LogP contribution in [0.3, 0.4) is 0 Å². The van der Waals surface area contributed by atoms with E-state index in [9.17, 15) is 9.59 Å². The minimum Gasteiger partial charge on any atom is -0.356 e. The summed E-state index contributed by atoms with van der Waals surface area (Å²) in [6.45, 7) is 3.78. The van der Waals surface area contributed by atoms with Crippen molar-refractivity contribution < 1.29 is 9.59 Å². The van der Waals surface area contributed by atoms with Crippen LogP contribution >= 0.6 is 0 Å². The molecule has 2 amide bonds. The summed E-state index contributed by atoms with van der Waals surface area (Å²) in [6.07, 6.45) is 9.03. The van der Waals surface area contributed by atoms with Gasteiger partial charge in [0.2, 0.25) is 11.8 Å². The lowest BCUT2D eigenvalue weighted by Gasteiger charge is -2.26. The van der Waals surface area contributed by atoms with Gasteiger partial charge in [-0.25, -0.2) is 0 Å². The zero-order chi connectivity index (χ0) is 14.4. The molecule has 0 aliphatic carbocycles. The summed E-state index contributed by atoms with van der Waals surface area (Å²) >= 11 is 0. The van der Waals surface area contributed by atoms with E-state index in [1.807, 2.05) is 0 Å². The van der Waals surface area contributed by atoms with Gasteiger partial charge in [-0.15, -0.1) is 0 Å². The summed E-state index contributed by atoms with van der Waals surface area (Å²) in [6, 6.07) is 0. The van der Waals surface area contributed by atoms with Gasteiger partial charge in [-0.3, -0.25) is 9.59 Å². The third-order valence-electron chi connectivity index (χ3n) is 4.86. The summed E-state index contributed by atoms with van der Waals surface area (Å²) in [5, 5.41) is 5.86. The Morgan fingerprint density at radius 2 is 1.50 bits per heavy atom. The van der Waals surface area contributed by atoms with Crippen LogP contribution in [0.5, 0.6) is 0 Å². The SMILES string of the molecule is CCCCCCCC(C1CCNC1=O)C1CCNC1=O. The zero-order valence-corrected chi connectivity index (χ0v) is 12.6. The molecule has 2 N–H and O–H groups in total. The van der Waals surface area contributed by atoms with Gasteiger partial charge in [-0.05, 0) is 25.2 Å². The predicted octanol–water partition coefficient (Wildman–Crippen LogP) is 2.24. The van der Waals surface area contributed by atoms with Gasteiger partial charge in [0.1, 0.15) is 0 Å². The topological polar surface area (TPSA) is 58.2 Å². The number of carbonyl (C=O) groups is 2. The third-order valence-corrected chi connectivity index (χ3v) is 4.86. The second-order valence-corrected chi connectivity index (χ2v) is 6.24. The van der Waals surface area contributed by atoms with Crippen molar-refractivity contribution in [2.24, 2.45) is 17.8 Å². The van der Waals surface area contributed by atoms with E-state index in [2.05, 4.69) is 17.6 Å². The monoisotopic (exact) mass is 280 g/mol. The summed E-state index contributed by atoms with van der Waals surface area (Å²) in [4.78, 5) is 23.9. The van der Waals surface area contributed by atoms with Crippen molar-refractivity contribution in [1.82, 2.24) is 10.6 Å². The van der Waals surface area contributed by atoms with Crippen LogP contribution in [0, 0.1) is 17.8 Å². The highest BCUT2D eigenvalue weighted by molar-refractivity contribution is 5.84. The Bertz CT molecular complexity index is 317. The lowest BCUT2D eigenvalue weighted by Crippen LogP contribution is -2.33. The van der Waals surface area contributed by atoms with Gasteiger partial charge < -0.3 is 10.6 Å². The first-order valence-electron chi connectivity index (χ1n) is 8.29. The van der Waals surface area contributed by atoms with Crippen LogP contribution in [0.25, 0.3) is 0 Å². The molecule has 2 fully saturated rings. The molecule has 0 aromatic carbocycles. The Balaban J connectivity index is 1.89. The highest BCUT2D eigenvalue weighted by Gasteiger charge is 2.41. The Kier molecular flexibility index (Phi) is 5.86. The molecule has 2 heterocycles. The maximum atomic E-state index is 12.0. The molecule has 0 saturated carbocycles. The number of rotatable bonds is 8. The number of hydrogen-bond donors (Lipinski definition) is 2. The highest BCUT2D eigenvalue weighted by atomic mass is 16.2. The van der Waals surface area contributed by atoms with E-state index in [0.29, 0.717) is 0 Å². The summed E-state index contributed by atoms with van der Waals surface area (Å²) in [7, 11) is 0. The maximum Gasteiger partial charge on any atom is 0.223 e. The Labute approximate surface area is 122 Å². The number of carbonyl (C=O) groups excluding carboxylic acids is 2. The molecule has 2 saturated heterocycles. The highest BCUT2D eigenvalue weighted by Crippen LogP contribution is 2.35. The number of hydrogen-bond acceptors (Lipinski definition) is 2. The van der Waals surface area contributed by atoms with Gasteiger partial charge in [0, 0.05) is 24.9 Å². The Hall–Kier alpha value is -1.06. The van der Waals surface area contributed by atoms with Crippen LogP contribution in [0.15, 0.2) is 0 Å².